The number of aromatic nitrogens is 3. The topological polar surface area (TPSA) is 92.8 Å². The maximum atomic E-state index is 6.15. The van der Waals surface area contributed by atoms with Gasteiger partial charge in [-0.25, -0.2) is 15.0 Å². The minimum Gasteiger partial charge on any atom is -0.481 e. The highest BCUT2D eigenvalue weighted by atomic mass is 127. The van der Waals surface area contributed by atoms with Gasteiger partial charge in [-0.3, -0.25) is 4.99 Å². The van der Waals surface area contributed by atoms with Gasteiger partial charge in [0.1, 0.15) is 0 Å². The third kappa shape index (κ3) is 5.16. The molecule has 8 nitrogen and oxygen atoms in total. The maximum Gasteiger partial charge on any atom is 0.225 e. The first-order valence-electron chi connectivity index (χ1n) is 8.32. The first-order valence-corrected chi connectivity index (χ1v) is 8.32. The van der Waals surface area contributed by atoms with Crippen molar-refractivity contribution in [2.24, 2.45) is 10.7 Å². The molecule has 0 amide bonds. The van der Waals surface area contributed by atoms with E-state index in [1.807, 2.05) is 18.2 Å². The van der Waals surface area contributed by atoms with Crippen molar-refractivity contribution in [3.63, 3.8) is 0 Å². The summed E-state index contributed by atoms with van der Waals surface area (Å²) in [6.07, 6.45) is 5.99. The van der Waals surface area contributed by atoms with Crippen LogP contribution in [0.15, 0.2) is 41.8 Å². The second kappa shape index (κ2) is 10.1. The summed E-state index contributed by atoms with van der Waals surface area (Å²) in [6, 6.07) is 5.72. The van der Waals surface area contributed by atoms with E-state index in [1.54, 1.807) is 25.7 Å². The van der Waals surface area contributed by atoms with Crippen LogP contribution in [-0.2, 0) is 6.42 Å². The number of aliphatic imine (C=N–C) groups is 1. The molecule has 1 saturated heterocycles. The number of anilines is 1. The number of pyridine rings is 1. The average Bonchev–Trinajstić information content (AvgIpc) is 2.69. The highest BCUT2D eigenvalue weighted by Gasteiger charge is 2.19. The van der Waals surface area contributed by atoms with E-state index in [2.05, 4.69) is 29.7 Å². The fourth-order valence-electron chi connectivity index (χ4n) is 2.78. The molecule has 2 aromatic rings. The number of hydrogen-bond acceptors (Lipinski definition) is 6. The van der Waals surface area contributed by atoms with Gasteiger partial charge in [0, 0.05) is 56.9 Å². The number of methoxy groups -OCH3 is 1. The van der Waals surface area contributed by atoms with Gasteiger partial charge in [0.2, 0.25) is 11.8 Å². The molecule has 1 fully saturated rings. The van der Waals surface area contributed by atoms with Crippen LogP contribution in [0.2, 0.25) is 0 Å². The Kier molecular flexibility index (Phi) is 7.82. The number of piperazine rings is 1. The van der Waals surface area contributed by atoms with Gasteiger partial charge in [0.05, 0.1) is 7.11 Å². The lowest BCUT2D eigenvalue weighted by atomic mass is 10.2. The Morgan fingerprint density at radius 2 is 1.81 bits per heavy atom. The minimum atomic E-state index is 0. The quantitative estimate of drug-likeness (QED) is 0.400. The molecule has 1 aliphatic heterocycles. The van der Waals surface area contributed by atoms with Crippen LogP contribution < -0.4 is 15.4 Å². The molecule has 0 aliphatic carbocycles. The lowest BCUT2D eigenvalue weighted by Crippen LogP contribution is -2.51. The van der Waals surface area contributed by atoms with Gasteiger partial charge in [-0.2, -0.15) is 0 Å². The van der Waals surface area contributed by atoms with E-state index in [0.29, 0.717) is 18.4 Å². The van der Waals surface area contributed by atoms with E-state index in [0.717, 1.165) is 44.1 Å². The molecule has 0 atom stereocenters. The van der Waals surface area contributed by atoms with Gasteiger partial charge in [-0.15, -0.1) is 24.0 Å². The molecule has 0 spiro atoms. The summed E-state index contributed by atoms with van der Waals surface area (Å²) in [6.45, 7) is 3.89. The number of guanidine groups is 1. The van der Waals surface area contributed by atoms with Crippen molar-refractivity contribution in [3.8, 4) is 5.88 Å². The summed E-state index contributed by atoms with van der Waals surface area (Å²) in [5.74, 6) is 1.99. The van der Waals surface area contributed by atoms with Crippen molar-refractivity contribution >= 4 is 35.9 Å². The molecule has 2 N–H and O–H groups in total. The predicted octanol–water partition coefficient (Wildman–Crippen LogP) is 1.18. The van der Waals surface area contributed by atoms with E-state index in [9.17, 15) is 0 Å². The normalized spacial score (nSPS) is 14.7. The zero-order valence-electron chi connectivity index (χ0n) is 14.8. The smallest absolute Gasteiger partial charge is 0.225 e. The number of ether oxygens (including phenoxy) is 1. The third-order valence-electron chi connectivity index (χ3n) is 4.14. The Bertz CT molecular complexity index is 705. The second-order valence-corrected chi connectivity index (χ2v) is 5.68. The van der Waals surface area contributed by atoms with Gasteiger partial charge in [-0.1, -0.05) is 6.07 Å². The first-order chi connectivity index (χ1) is 12.3. The molecule has 0 unspecified atom stereocenters. The van der Waals surface area contributed by atoms with Gasteiger partial charge in [-0.05, 0) is 18.6 Å². The lowest BCUT2D eigenvalue weighted by Gasteiger charge is -2.35. The van der Waals surface area contributed by atoms with Crippen LogP contribution in [0.1, 0.15) is 5.56 Å². The maximum absolute atomic E-state index is 6.15. The highest BCUT2D eigenvalue weighted by Crippen LogP contribution is 2.14. The Labute approximate surface area is 170 Å². The van der Waals surface area contributed by atoms with Crippen LogP contribution in [0.5, 0.6) is 5.88 Å². The van der Waals surface area contributed by atoms with Gasteiger partial charge in [0.25, 0.3) is 0 Å². The Balaban J connectivity index is 0.00000243. The van der Waals surface area contributed by atoms with E-state index in [-0.39, 0.29) is 24.0 Å². The van der Waals surface area contributed by atoms with E-state index >= 15 is 0 Å². The van der Waals surface area contributed by atoms with Crippen molar-refractivity contribution < 1.29 is 4.74 Å². The summed E-state index contributed by atoms with van der Waals surface area (Å²) in [7, 11) is 1.62. The summed E-state index contributed by atoms with van der Waals surface area (Å²) in [5.41, 5.74) is 7.18. The molecule has 0 saturated carbocycles. The van der Waals surface area contributed by atoms with Crippen molar-refractivity contribution in [2.75, 3.05) is 44.7 Å². The Morgan fingerprint density at radius 1 is 1.12 bits per heavy atom. The van der Waals surface area contributed by atoms with Crippen LogP contribution in [0.4, 0.5) is 5.95 Å². The molecule has 2 aromatic heterocycles. The lowest BCUT2D eigenvalue weighted by molar-refractivity contribution is 0.378. The minimum absolute atomic E-state index is 0. The Morgan fingerprint density at radius 3 is 2.50 bits per heavy atom. The fraction of sp³-hybridized carbons (Fsp3) is 0.412. The van der Waals surface area contributed by atoms with Crippen LogP contribution in [0.3, 0.4) is 0 Å². The number of nitrogens with two attached hydrogens (primary N) is 1. The number of rotatable bonds is 5. The fourth-order valence-corrected chi connectivity index (χ4v) is 2.78. The van der Waals surface area contributed by atoms with Crippen molar-refractivity contribution in [3.05, 3.63) is 42.4 Å². The summed E-state index contributed by atoms with van der Waals surface area (Å²) in [4.78, 5) is 21.5. The van der Waals surface area contributed by atoms with Gasteiger partial charge in [0.15, 0.2) is 5.96 Å². The second-order valence-electron chi connectivity index (χ2n) is 5.68. The molecule has 26 heavy (non-hydrogen) atoms. The zero-order valence-corrected chi connectivity index (χ0v) is 17.1. The number of hydrogen-bond donors (Lipinski definition) is 1. The van der Waals surface area contributed by atoms with Crippen molar-refractivity contribution in [1.82, 2.24) is 19.9 Å². The largest absolute Gasteiger partial charge is 0.481 e. The highest BCUT2D eigenvalue weighted by molar-refractivity contribution is 14.0. The average molecular weight is 469 g/mol. The van der Waals surface area contributed by atoms with Gasteiger partial charge >= 0.3 is 0 Å². The third-order valence-corrected chi connectivity index (χ3v) is 4.14. The summed E-state index contributed by atoms with van der Waals surface area (Å²) < 4.78 is 5.25. The molecule has 3 rings (SSSR count). The number of halogens is 1. The molecule has 0 aromatic carbocycles. The molecule has 0 radical (unpaired) electrons. The molecular formula is C17H24IN7O. The molecule has 140 valence electrons. The predicted molar refractivity (Wildman–Crippen MR) is 112 cm³/mol. The monoisotopic (exact) mass is 469 g/mol. The summed E-state index contributed by atoms with van der Waals surface area (Å²) in [5, 5.41) is 0. The summed E-state index contributed by atoms with van der Waals surface area (Å²) >= 11 is 0. The number of nitrogens with zero attached hydrogens (tertiary/aromatic N) is 6. The van der Waals surface area contributed by atoms with Crippen LogP contribution in [-0.4, -0.2) is 65.6 Å². The van der Waals surface area contributed by atoms with Crippen molar-refractivity contribution in [2.45, 2.75) is 6.42 Å². The standard InChI is InChI=1S/C17H23N7O.HI/c1-25-15-14(4-2-6-19-15)5-9-20-16(18)23-10-12-24(13-11-23)17-21-7-3-8-22-17;/h2-4,6-8H,5,9-13H2,1H3,(H2,18,20);1H. The van der Waals surface area contributed by atoms with Gasteiger partial charge < -0.3 is 20.3 Å². The van der Waals surface area contributed by atoms with E-state index in [1.165, 1.54) is 0 Å². The van der Waals surface area contributed by atoms with Crippen LogP contribution in [0.25, 0.3) is 0 Å². The SMILES string of the molecule is COc1ncccc1CCN=C(N)N1CCN(c2ncccn2)CC1.I. The molecule has 3 heterocycles. The van der Waals surface area contributed by atoms with Crippen LogP contribution in [0, 0.1) is 0 Å². The first kappa shape index (κ1) is 20.1. The Hall–Kier alpha value is -2.17. The van der Waals surface area contributed by atoms with Crippen molar-refractivity contribution in [1.29, 1.82) is 0 Å². The molecule has 0 bridgehead atoms. The van der Waals surface area contributed by atoms with Crippen LogP contribution >= 0.6 is 24.0 Å². The zero-order chi connectivity index (χ0) is 17.5. The molecular weight excluding hydrogens is 445 g/mol. The molecule has 9 heteroatoms. The van der Waals surface area contributed by atoms with E-state index in [4.69, 9.17) is 10.5 Å². The van der Waals surface area contributed by atoms with E-state index < -0.39 is 0 Å². The molecule has 1 aliphatic rings.